The van der Waals surface area contributed by atoms with Gasteiger partial charge < -0.3 is 10.6 Å². The van der Waals surface area contributed by atoms with Crippen molar-refractivity contribution in [1.29, 1.82) is 0 Å². The summed E-state index contributed by atoms with van der Waals surface area (Å²) in [6.07, 6.45) is 5.92. The molecule has 4 N–H and O–H groups in total. The lowest BCUT2D eigenvalue weighted by atomic mass is 10.1. The van der Waals surface area contributed by atoms with Crippen LogP contribution in [0.3, 0.4) is 0 Å². The number of nitrogens with zero attached hydrogens (tertiary/aromatic N) is 4. The van der Waals surface area contributed by atoms with Crippen LogP contribution < -0.4 is 21.5 Å². The van der Waals surface area contributed by atoms with Crippen LogP contribution in [-0.4, -0.2) is 46.0 Å². The second kappa shape index (κ2) is 18.3. The van der Waals surface area contributed by atoms with Crippen LogP contribution in [0, 0.1) is 0 Å². The third kappa shape index (κ3) is 9.83. The fourth-order valence-corrected chi connectivity index (χ4v) is 5.69. The van der Waals surface area contributed by atoms with Crippen LogP contribution in [0.1, 0.15) is 43.2 Å². The van der Waals surface area contributed by atoms with E-state index in [1.807, 2.05) is 84.9 Å². The van der Waals surface area contributed by atoms with Crippen molar-refractivity contribution in [2.24, 2.45) is 10.2 Å². The maximum absolute atomic E-state index is 13.3. The van der Waals surface area contributed by atoms with Gasteiger partial charge in [-0.1, -0.05) is 121 Å². The molecule has 0 spiro atoms. The Kier molecular flexibility index (Phi) is 12.0. The second-order valence-electron chi connectivity index (χ2n) is 12.7. The van der Waals surface area contributed by atoms with Crippen LogP contribution in [-0.2, 0) is 9.59 Å². The molecule has 0 radical (unpaired) electrons. The molecule has 0 bridgehead atoms. The minimum Gasteiger partial charge on any atom is -0.317 e. The molecule has 0 aliphatic carbocycles. The zero-order valence-corrected chi connectivity index (χ0v) is 30.7. The molecule has 12 heteroatoms. The molecule has 0 saturated heterocycles. The van der Waals surface area contributed by atoms with E-state index in [2.05, 4.69) is 31.7 Å². The smallest absolute Gasteiger partial charge is 0.287 e. The molecule has 5 aromatic carbocycles. The van der Waals surface area contributed by atoms with E-state index in [1.165, 1.54) is 12.4 Å². The molecule has 4 amide bonds. The van der Waals surface area contributed by atoms with Gasteiger partial charge in [0.05, 0.1) is 34.9 Å². The number of carbonyl (C=O) groups excluding carboxylic acids is 4. The van der Waals surface area contributed by atoms with E-state index in [9.17, 15) is 19.2 Å². The summed E-state index contributed by atoms with van der Waals surface area (Å²) in [4.78, 5) is 61.9. The number of hydrogen-bond donors (Lipinski definition) is 4. The molecule has 7 rings (SSSR count). The number of hydrazone groups is 2. The summed E-state index contributed by atoms with van der Waals surface area (Å²) in [6.45, 7) is 0. The summed E-state index contributed by atoms with van der Waals surface area (Å²) in [5.41, 5.74) is 9.22. The van der Waals surface area contributed by atoms with Crippen LogP contribution >= 0.6 is 0 Å². The molecule has 0 saturated carbocycles. The molecule has 0 atom stereocenters. The number of aromatic nitrogens is 2. The normalized spacial score (nSPS) is 11.8. The first kappa shape index (κ1) is 37.9. The van der Waals surface area contributed by atoms with E-state index < -0.39 is 23.6 Å². The lowest BCUT2D eigenvalue weighted by Gasteiger charge is -2.09. The van der Waals surface area contributed by atoms with Crippen molar-refractivity contribution in [3.8, 4) is 0 Å². The number of benzene rings is 5. The monoisotopic (exact) mass is 762 g/mol. The fraction of sp³-hybridized carbons (Fsp3) is 0. The highest BCUT2D eigenvalue weighted by molar-refractivity contribution is 6.07. The summed E-state index contributed by atoms with van der Waals surface area (Å²) < 4.78 is 0. The van der Waals surface area contributed by atoms with E-state index in [0.29, 0.717) is 44.7 Å². The van der Waals surface area contributed by atoms with Gasteiger partial charge in [0.25, 0.3) is 23.6 Å². The van der Waals surface area contributed by atoms with Crippen LogP contribution in [0.4, 0.5) is 0 Å². The van der Waals surface area contributed by atoms with E-state index in [4.69, 9.17) is 9.97 Å². The standard InChI is InChI=1S/C46H34N8O4/c55-43(35-17-9-3-10-18-35)51-39(27-31-13-5-1-6-14-31)45(57)53-47-29-37-25-23-33-21-22-34-24-26-38(50-42(34)41(33)49-37)30-48-54-46(58)40(28-32-15-7-2-8-16-32)52-44(56)36-19-11-4-12-20-36/h1-30H,(H,51,55)(H,52,56)(H,53,57)(H,54,58). The quantitative estimate of drug-likeness (QED) is 0.0472. The Morgan fingerprint density at radius 1 is 0.431 bits per heavy atom. The maximum Gasteiger partial charge on any atom is 0.287 e. The largest absolute Gasteiger partial charge is 0.317 e. The van der Waals surface area contributed by atoms with Gasteiger partial charge in [-0.15, -0.1) is 0 Å². The lowest BCUT2D eigenvalue weighted by Crippen LogP contribution is -2.32. The van der Waals surface area contributed by atoms with Crippen molar-refractivity contribution in [2.45, 2.75) is 0 Å². The summed E-state index contributed by atoms with van der Waals surface area (Å²) in [5, 5.41) is 15.3. The predicted molar refractivity (Wildman–Crippen MR) is 225 cm³/mol. The highest BCUT2D eigenvalue weighted by Crippen LogP contribution is 2.23. The zero-order chi connectivity index (χ0) is 40.1. The Morgan fingerprint density at radius 3 is 1.16 bits per heavy atom. The third-order valence-corrected chi connectivity index (χ3v) is 8.57. The topological polar surface area (TPSA) is 167 Å². The number of carbonyl (C=O) groups is 4. The van der Waals surface area contributed by atoms with Gasteiger partial charge >= 0.3 is 0 Å². The molecule has 2 aromatic heterocycles. The lowest BCUT2D eigenvalue weighted by molar-refractivity contribution is -0.118. The maximum atomic E-state index is 13.3. The molecule has 2 heterocycles. The summed E-state index contributed by atoms with van der Waals surface area (Å²) in [5.74, 6) is -2.15. The molecule has 282 valence electrons. The SMILES string of the molecule is O=C(NN=Cc1ccc2ccc3ccc(C=NNC(=O)C(=Cc4ccccc4)NC(=O)c4ccccc4)nc3c2n1)C(=Cc1ccccc1)NC(=O)c1ccccc1. The van der Waals surface area contributed by atoms with Crippen molar-refractivity contribution in [3.05, 3.63) is 203 Å². The number of rotatable bonds is 12. The van der Waals surface area contributed by atoms with Gasteiger partial charge in [0, 0.05) is 21.9 Å². The van der Waals surface area contributed by atoms with Gasteiger partial charge in [0.2, 0.25) is 0 Å². The Labute approximate surface area is 332 Å². The molecule has 12 nitrogen and oxygen atoms in total. The van der Waals surface area contributed by atoms with E-state index in [0.717, 1.165) is 10.8 Å². The Balaban J connectivity index is 1.07. The number of fused-ring (bicyclic) bond motifs is 3. The van der Waals surface area contributed by atoms with E-state index >= 15 is 0 Å². The molecular formula is C46H34N8O4. The van der Waals surface area contributed by atoms with Gasteiger partial charge in [-0.3, -0.25) is 19.2 Å². The van der Waals surface area contributed by atoms with Crippen LogP contribution in [0.2, 0.25) is 0 Å². The van der Waals surface area contributed by atoms with Gasteiger partial charge in [-0.2, -0.15) is 10.2 Å². The van der Waals surface area contributed by atoms with Gasteiger partial charge in [0.1, 0.15) is 11.4 Å². The predicted octanol–water partition coefficient (Wildman–Crippen LogP) is 6.63. The highest BCUT2D eigenvalue weighted by Gasteiger charge is 2.16. The Hall–Kier alpha value is -8.38. The fourth-order valence-electron chi connectivity index (χ4n) is 5.69. The van der Waals surface area contributed by atoms with Crippen LogP contribution in [0.5, 0.6) is 0 Å². The average Bonchev–Trinajstić information content (AvgIpc) is 3.27. The number of amides is 4. The van der Waals surface area contributed by atoms with Crippen molar-refractivity contribution in [1.82, 2.24) is 31.5 Å². The van der Waals surface area contributed by atoms with E-state index in [1.54, 1.807) is 84.9 Å². The number of hydrogen-bond acceptors (Lipinski definition) is 8. The first-order valence-corrected chi connectivity index (χ1v) is 18.0. The van der Waals surface area contributed by atoms with Crippen molar-refractivity contribution in [2.75, 3.05) is 0 Å². The molecule has 0 unspecified atom stereocenters. The van der Waals surface area contributed by atoms with Gasteiger partial charge in [0.15, 0.2) is 0 Å². The van der Waals surface area contributed by atoms with Crippen molar-refractivity contribution in [3.63, 3.8) is 0 Å². The molecule has 0 fully saturated rings. The number of pyridine rings is 2. The highest BCUT2D eigenvalue weighted by atomic mass is 16.2. The average molecular weight is 763 g/mol. The van der Waals surface area contributed by atoms with Crippen molar-refractivity contribution >= 4 is 70.0 Å². The zero-order valence-electron chi connectivity index (χ0n) is 30.7. The first-order chi connectivity index (χ1) is 28.4. The Morgan fingerprint density at radius 2 is 0.776 bits per heavy atom. The third-order valence-electron chi connectivity index (χ3n) is 8.57. The first-order valence-electron chi connectivity index (χ1n) is 18.0. The van der Waals surface area contributed by atoms with E-state index in [-0.39, 0.29) is 11.4 Å². The van der Waals surface area contributed by atoms with Crippen LogP contribution in [0.25, 0.3) is 34.0 Å². The van der Waals surface area contributed by atoms with Crippen LogP contribution in [0.15, 0.2) is 179 Å². The minimum atomic E-state index is -0.630. The molecule has 0 aliphatic heterocycles. The number of nitrogens with one attached hydrogen (secondary N) is 4. The summed E-state index contributed by atoms with van der Waals surface area (Å²) in [6, 6.07) is 46.5. The van der Waals surface area contributed by atoms with Gasteiger partial charge in [-0.25, -0.2) is 20.8 Å². The second-order valence-corrected chi connectivity index (χ2v) is 12.7. The molecule has 7 aromatic rings. The molecule has 58 heavy (non-hydrogen) atoms. The summed E-state index contributed by atoms with van der Waals surface area (Å²) in [7, 11) is 0. The molecule has 0 aliphatic rings. The van der Waals surface area contributed by atoms with Crippen molar-refractivity contribution < 1.29 is 19.2 Å². The van der Waals surface area contributed by atoms with Gasteiger partial charge in [-0.05, 0) is 59.7 Å². The minimum absolute atomic E-state index is 0.00428. The molecular weight excluding hydrogens is 729 g/mol. The Bertz CT molecular complexity index is 2550. The summed E-state index contributed by atoms with van der Waals surface area (Å²) >= 11 is 0.